The molecule has 0 spiro atoms. The molecule has 0 aromatic heterocycles. The Morgan fingerprint density at radius 3 is 2.00 bits per heavy atom. The van der Waals surface area contributed by atoms with Crippen molar-refractivity contribution in [2.75, 3.05) is 13.7 Å². The monoisotopic (exact) mass is 322 g/mol. The average Bonchev–Trinajstić information content (AvgIpc) is 2.41. The van der Waals surface area contributed by atoms with Crippen LogP contribution in [-0.4, -0.2) is 62.4 Å². The number of hydrogen-bond acceptors (Lipinski definition) is 8. The van der Waals surface area contributed by atoms with Gasteiger partial charge >= 0.3 is 17.9 Å². The molecule has 0 amide bonds. The van der Waals surface area contributed by atoms with E-state index in [0.29, 0.717) is 0 Å². The maximum Gasteiger partial charge on any atom is 0.303 e. The second-order valence-corrected chi connectivity index (χ2v) is 4.67. The smallest absolute Gasteiger partial charge is 0.303 e. The summed E-state index contributed by atoms with van der Waals surface area (Å²) < 4.78 is 39.3. The summed E-state index contributed by atoms with van der Waals surface area (Å²) in [6.45, 7) is 2.99. The van der Waals surface area contributed by atoms with Gasteiger partial charge in [-0.25, -0.2) is 4.39 Å². The molecule has 5 unspecified atom stereocenters. The predicted octanol–water partition coefficient (Wildman–Crippen LogP) is 0.122. The quantitative estimate of drug-likeness (QED) is 0.520. The van der Waals surface area contributed by atoms with Crippen LogP contribution in [-0.2, 0) is 38.1 Å². The number of alkyl halides is 1. The Morgan fingerprint density at radius 1 is 1.00 bits per heavy atom. The normalized spacial score (nSPS) is 31.2. The van der Waals surface area contributed by atoms with E-state index in [1.165, 1.54) is 7.11 Å². The molecule has 1 aliphatic heterocycles. The summed E-state index contributed by atoms with van der Waals surface area (Å²) in [4.78, 5) is 33.1. The highest BCUT2D eigenvalue weighted by Crippen LogP contribution is 2.29. The molecule has 0 saturated carbocycles. The predicted molar refractivity (Wildman–Crippen MR) is 68.3 cm³/mol. The van der Waals surface area contributed by atoms with Crippen molar-refractivity contribution in [3.8, 4) is 0 Å². The lowest BCUT2D eigenvalue weighted by Gasteiger charge is -2.41. The number of esters is 3. The Hall–Kier alpha value is -1.74. The molecule has 1 saturated heterocycles. The molecule has 0 aromatic carbocycles. The third-order valence-corrected chi connectivity index (χ3v) is 2.86. The highest BCUT2D eigenvalue weighted by Gasteiger charge is 2.51. The van der Waals surface area contributed by atoms with Crippen molar-refractivity contribution in [1.29, 1.82) is 0 Å². The number of rotatable bonds is 5. The van der Waals surface area contributed by atoms with Gasteiger partial charge < -0.3 is 23.7 Å². The minimum atomic E-state index is -1.86. The molecule has 1 fully saturated rings. The van der Waals surface area contributed by atoms with E-state index in [1.54, 1.807) is 0 Å². The first kappa shape index (κ1) is 18.3. The Bertz CT molecular complexity index is 426. The molecule has 1 aliphatic rings. The Balaban J connectivity index is 2.95. The first-order valence-corrected chi connectivity index (χ1v) is 6.56. The molecule has 0 radical (unpaired) electrons. The van der Waals surface area contributed by atoms with Crippen LogP contribution in [0.3, 0.4) is 0 Å². The van der Waals surface area contributed by atoms with Crippen LogP contribution in [0.2, 0.25) is 0 Å². The Kier molecular flexibility index (Phi) is 6.69. The van der Waals surface area contributed by atoms with Crippen LogP contribution in [0.25, 0.3) is 0 Å². The van der Waals surface area contributed by atoms with Crippen molar-refractivity contribution in [3.63, 3.8) is 0 Å². The SMILES string of the molecule is COC1OC(COC(C)=O)C(F)C(OC(C)=O)C1OC(C)=O. The van der Waals surface area contributed by atoms with Crippen LogP contribution in [0.5, 0.6) is 0 Å². The van der Waals surface area contributed by atoms with E-state index in [-0.39, 0.29) is 6.61 Å². The summed E-state index contributed by atoms with van der Waals surface area (Å²) in [5, 5.41) is 0. The summed E-state index contributed by atoms with van der Waals surface area (Å²) in [6, 6.07) is 0. The molecule has 5 atom stereocenters. The molecule has 0 aromatic rings. The van der Waals surface area contributed by atoms with Crippen LogP contribution in [0.15, 0.2) is 0 Å². The molecular weight excluding hydrogens is 303 g/mol. The highest BCUT2D eigenvalue weighted by atomic mass is 19.1. The van der Waals surface area contributed by atoms with E-state index >= 15 is 0 Å². The second kappa shape index (κ2) is 8.04. The summed E-state index contributed by atoms with van der Waals surface area (Å²) in [5.41, 5.74) is 0. The lowest BCUT2D eigenvalue weighted by Crippen LogP contribution is -2.60. The molecular formula is C13H19FO8. The lowest BCUT2D eigenvalue weighted by molar-refractivity contribution is -0.290. The van der Waals surface area contributed by atoms with Gasteiger partial charge in [0.05, 0.1) is 0 Å². The molecule has 22 heavy (non-hydrogen) atoms. The third-order valence-electron chi connectivity index (χ3n) is 2.86. The van der Waals surface area contributed by atoms with E-state index in [1.807, 2.05) is 0 Å². The third kappa shape index (κ3) is 4.92. The van der Waals surface area contributed by atoms with Gasteiger partial charge in [0.15, 0.2) is 24.7 Å². The highest BCUT2D eigenvalue weighted by molar-refractivity contribution is 5.67. The van der Waals surface area contributed by atoms with Crippen LogP contribution in [0, 0.1) is 0 Å². The van der Waals surface area contributed by atoms with Crippen molar-refractivity contribution >= 4 is 17.9 Å². The number of methoxy groups -OCH3 is 1. The van der Waals surface area contributed by atoms with E-state index < -0.39 is 48.7 Å². The van der Waals surface area contributed by atoms with Gasteiger partial charge in [-0.05, 0) is 0 Å². The topological polar surface area (TPSA) is 97.4 Å². The standard InChI is InChI=1S/C13H19FO8/c1-6(15)19-5-9-10(14)11(20-7(2)16)12(21-8(3)17)13(18-4)22-9/h9-13H,5H2,1-4H3. The van der Waals surface area contributed by atoms with Crippen molar-refractivity contribution < 1.29 is 42.5 Å². The fourth-order valence-electron chi connectivity index (χ4n) is 2.03. The van der Waals surface area contributed by atoms with Crippen molar-refractivity contribution in [2.24, 2.45) is 0 Å². The van der Waals surface area contributed by atoms with E-state index in [0.717, 1.165) is 20.8 Å². The number of ether oxygens (including phenoxy) is 5. The first-order chi connectivity index (χ1) is 10.3. The average molecular weight is 322 g/mol. The first-order valence-electron chi connectivity index (χ1n) is 6.56. The van der Waals surface area contributed by atoms with Crippen LogP contribution in [0.4, 0.5) is 4.39 Å². The van der Waals surface area contributed by atoms with Gasteiger partial charge in [0.25, 0.3) is 0 Å². The Morgan fingerprint density at radius 2 is 1.55 bits per heavy atom. The molecule has 9 heteroatoms. The molecule has 0 N–H and O–H groups in total. The molecule has 1 rings (SSSR count). The minimum absolute atomic E-state index is 0.388. The van der Waals surface area contributed by atoms with E-state index in [4.69, 9.17) is 23.7 Å². The molecule has 126 valence electrons. The van der Waals surface area contributed by atoms with Gasteiger partial charge in [-0.2, -0.15) is 0 Å². The number of carbonyl (C=O) groups is 3. The fraction of sp³-hybridized carbons (Fsp3) is 0.769. The van der Waals surface area contributed by atoms with E-state index in [9.17, 15) is 18.8 Å². The fourth-order valence-corrected chi connectivity index (χ4v) is 2.03. The van der Waals surface area contributed by atoms with Gasteiger partial charge in [0.2, 0.25) is 0 Å². The zero-order valence-electron chi connectivity index (χ0n) is 12.7. The summed E-state index contributed by atoms with van der Waals surface area (Å²) >= 11 is 0. The van der Waals surface area contributed by atoms with Crippen LogP contribution in [0.1, 0.15) is 20.8 Å². The molecule has 8 nitrogen and oxygen atoms in total. The number of carbonyl (C=O) groups excluding carboxylic acids is 3. The maximum atomic E-state index is 14.5. The Labute approximate surface area is 126 Å². The summed E-state index contributed by atoms with van der Waals surface area (Å²) in [5.74, 6) is -2.08. The van der Waals surface area contributed by atoms with Crippen molar-refractivity contribution in [1.82, 2.24) is 0 Å². The second-order valence-electron chi connectivity index (χ2n) is 4.67. The lowest BCUT2D eigenvalue weighted by atomic mass is 10.00. The minimum Gasteiger partial charge on any atom is -0.463 e. The zero-order valence-corrected chi connectivity index (χ0v) is 12.7. The van der Waals surface area contributed by atoms with Gasteiger partial charge in [-0.3, -0.25) is 14.4 Å². The molecule has 0 bridgehead atoms. The van der Waals surface area contributed by atoms with Crippen LogP contribution >= 0.6 is 0 Å². The van der Waals surface area contributed by atoms with Crippen molar-refractivity contribution in [3.05, 3.63) is 0 Å². The van der Waals surface area contributed by atoms with Gasteiger partial charge in [0, 0.05) is 27.9 Å². The van der Waals surface area contributed by atoms with E-state index in [2.05, 4.69) is 0 Å². The molecule has 0 aliphatic carbocycles. The van der Waals surface area contributed by atoms with Gasteiger partial charge in [0.1, 0.15) is 12.7 Å². The number of hydrogen-bond donors (Lipinski definition) is 0. The maximum absolute atomic E-state index is 14.5. The van der Waals surface area contributed by atoms with Gasteiger partial charge in [-0.1, -0.05) is 0 Å². The van der Waals surface area contributed by atoms with Crippen LogP contribution < -0.4 is 0 Å². The van der Waals surface area contributed by atoms with Gasteiger partial charge in [-0.15, -0.1) is 0 Å². The largest absolute Gasteiger partial charge is 0.463 e. The summed E-state index contributed by atoms with van der Waals surface area (Å²) in [7, 11) is 1.26. The molecule has 1 heterocycles. The number of halogens is 1. The summed E-state index contributed by atoms with van der Waals surface area (Å²) in [6.07, 6.45) is -6.94. The van der Waals surface area contributed by atoms with Crippen molar-refractivity contribution in [2.45, 2.75) is 51.5 Å². The zero-order chi connectivity index (χ0) is 16.9.